The van der Waals surface area contributed by atoms with Crippen LogP contribution in [0.1, 0.15) is 18.9 Å². The van der Waals surface area contributed by atoms with Gasteiger partial charge in [0.1, 0.15) is 5.82 Å². The number of nitrogens with one attached hydrogen (secondary N) is 1. The van der Waals surface area contributed by atoms with Crippen molar-refractivity contribution in [2.45, 2.75) is 19.9 Å². The van der Waals surface area contributed by atoms with Gasteiger partial charge in [0.2, 0.25) is 15.9 Å². The van der Waals surface area contributed by atoms with Gasteiger partial charge in [0, 0.05) is 12.1 Å². The smallest absolute Gasteiger partial charge is 0.232 e. The Morgan fingerprint density at radius 3 is 2.46 bits per heavy atom. The fraction of sp³-hybridized carbons (Fsp3) is 0.190. The Balaban J connectivity index is 2.01. The lowest BCUT2D eigenvalue weighted by Gasteiger charge is -2.24. The van der Waals surface area contributed by atoms with Gasteiger partial charge in [-0.1, -0.05) is 49.4 Å². The van der Waals surface area contributed by atoms with E-state index in [9.17, 15) is 17.6 Å². The third kappa shape index (κ3) is 4.31. The van der Waals surface area contributed by atoms with Crippen molar-refractivity contribution in [3.8, 4) is 0 Å². The summed E-state index contributed by atoms with van der Waals surface area (Å²) < 4.78 is 40.6. The molecular formula is C21H21FN2O3S. The molecule has 0 spiro atoms. The molecule has 0 aliphatic carbocycles. The molecule has 3 rings (SSSR count). The topological polar surface area (TPSA) is 66.5 Å². The van der Waals surface area contributed by atoms with Crippen LogP contribution in [0.2, 0.25) is 0 Å². The Morgan fingerprint density at radius 1 is 1.07 bits per heavy atom. The van der Waals surface area contributed by atoms with E-state index in [1.54, 1.807) is 6.92 Å². The Hall–Kier alpha value is -2.93. The lowest BCUT2D eigenvalue weighted by molar-refractivity contribution is -0.115. The average Bonchev–Trinajstić information content (AvgIpc) is 2.66. The van der Waals surface area contributed by atoms with Crippen molar-refractivity contribution in [3.05, 3.63) is 72.0 Å². The van der Waals surface area contributed by atoms with Gasteiger partial charge in [0.25, 0.3) is 0 Å². The number of halogens is 1. The number of sulfonamides is 1. The maximum atomic E-state index is 14.7. The maximum Gasteiger partial charge on any atom is 0.232 e. The van der Waals surface area contributed by atoms with E-state index >= 15 is 0 Å². The first-order valence-corrected chi connectivity index (χ1v) is 10.7. The standard InChI is InChI=1S/C21H21FN2O3S/c1-3-21(25)23-17-11-12-20(19(22)13-17)24(28(2,26)27)14-16-9-6-8-15-7-4-5-10-18(15)16/h4-13H,3,14H2,1-2H3,(H,23,25). The molecule has 0 heterocycles. The third-order valence-corrected chi connectivity index (χ3v) is 5.54. The predicted molar refractivity (Wildman–Crippen MR) is 110 cm³/mol. The second-order valence-electron chi connectivity index (χ2n) is 6.48. The Labute approximate surface area is 163 Å². The van der Waals surface area contributed by atoms with Crippen LogP contribution in [0.4, 0.5) is 15.8 Å². The quantitative estimate of drug-likeness (QED) is 0.671. The maximum absolute atomic E-state index is 14.7. The Bertz CT molecular complexity index is 1120. The summed E-state index contributed by atoms with van der Waals surface area (Å²) in [5.74, 6) is -0.970. The van der Waals surface area contributed by atoms with Crippen molar-refractivity contribution >= 4 is 38.1 Å². The molecule has 28 heavy (non-hydrogen) atoms. The number of rotatable bonds is 6. The van der Waals surface area contributed by atoms with Crippen LogP contribution in [-0.2, 0) is 21.4 Å². The minimum absolute atomic E-state index is 0.00221. The van der Waals surface area contributed by atoms with E-state index in [0.717, 1.165) is 33.0 Å². The number of carbonyl (C=O) groups excluding carboxylic acids is 1. The van der Waals surface area contributed by atoms with Gasteiger partial charge in [-0.05, 0) is 34.5 Å². The number of amides is 1. The first-order valence-electron chi connectivity index (χ1n) is 8.83. The van der Waals surface area contributed by atoms with Crippen molar-refractivity contribution in [1.82, 2.24) is 0 Å². The summed E-state index contributed by atoms with van der Waals surface area (Å²) in [6.07, 6.45) is 1.31. The molecule has 0 saturated heterocycles. The molecule has 3 aromatic rings. The summed E-state index contributed by atoms with van der Waals surface area (Å²) in [7, 11) is -3.74. The molecule has 0 atom stereocenters. The average molecular weight is 400 g/mol. The number of benzene rings is 3. The number of nitrogens with zero attached hydrogens (tertiary/aromatic N) is 1. The number of carbonyl (C=O) groups is 1. The number of hydrogen-bond acceptors (Lipinski definition) is 3. The molecule has 0 aliphatic heterocycles. The highest BCUT2D eigenvalue weighted by Crippen LogP contribution is 2.28. The molecule has 5 nitrogen and oxygen atoms in total. The first kappa shape index (κ1) is 19.8. The zero-order valence-corrected chi connectivity index (χ0v) is 16.5. The minimum atomic E-state index is -3.74. The van der Waals surface area contributed by atoms with E-state index in [-0.39, 0.29) is 30.2 Å². The highest BCUT2D eigenvalue weighted by Gasteiger charge is 2.22. The molecule has 0 radical (unpaired) electrons. The molecule has 146 valence electrons. The van der Waals surface area contributed by atoms with Crippen LogP contribution in [0.5, 0.6) is 0 Å². The number of anilines is 2. The summed E-state index contributed by atoms with van der Waals surface area (Å²) in [6, 6.07) is 17.2. The summed E-state index contributed by atoms with van der Waals surface area (Å²) in [4.78, 5) is 11.5. The van der Waals surface area contributed by atoms with Crippen LogP contribution >= 0.6 is 0 Å². The van der Waals surface area contributed by atoms with E-state index in [0.29, 0.717) is 0 Å². The van der Waals surface area contributed by atoms with Crippen molar-refractivity contribution in [2.75, 3.05) is 15.9 Å². The Kier molecular flexibility index (Phi) is 5.65. The van der Waals surface area contributed by atoms with E-state index in [2.05, 4.69) is 5.32 Å². The third-order valence-electron chi connectivity index (χ3n) is 4.42. The van der Waals surface area contributed by atoms with Gasteiger partial charge in [-0.15, -0.1) is 0 Å². The second-order valence-corrected chi connectivity index (χ2v) is 8.38. The number of fused-ring (bicyclic) bond motifs is 1. The molecule has 0 aromatic heterocycles. The Morgan fingerprint density at radius 2 is 1.79 bits per heavy atom. The van der Waals surface area contributed by atoms with Crippen molar-refractivity contribution in [2.24, 2.45) is 0 Å². The van der Waals surface area contributed by atoms with Gasteiger partial charge >= 0.3 is 0 Å². The lowest BCUT2D eigenvalue weighted by atomic mass is 10.0. The van der Waals surface area contributed by atoms with Gasteiger partial charge < -0.3 is 5.32 Å². The lowest BCUT2D eigenvalue weighted by Crippen LogP contribution is -2.30. The van der Waals surface area contributed by atoms with Crippen molar-refractivity contribution in [1.29, 1.82) is 0 Å². The van der Waals surface area contributed by atoms with Gasteiger partial charge in [-0.2, -0.15) is 0 Å². The van der Waals surface area contributed by atoms with E-state index in [4.69, 9.17) is 0 Å². The summed E-state index contributed by atoms with van der Waals surface area (Å²) >= 11 is 0. The van der Waals surface area contributed by atoms with E-state index in [1.807, 2.05) is 42.5 Å². The van der Waals surface area contributed by atoms with Gasteiger partial charge in [-0.3, -0.25) is 9.10 Å². The predicted octanol–water partition coefficient (Wildman–Crippen LogP) is 4.29. The van der Waals surface area contributed by atoms with Crippen LogP contribution in [0, 0.1) is 5.82 Å². The van der Waals surface area contributed by atoms with Gasteiger partial charge in [0.15, 0.2) is 0 Å². The molecule has 1 amide bonds. The van der Waals surface area contributed by atoms with Crippen molar-refractivity contribution < 1.29 is 17.6 Å². The highest BCUT2D eigenvalue weighted by atomic mass is 32.2. The molecule has 0 aliphatic rings. The molecule has 0 bridgehead atoms. The summed E-state index contributed by atoms with van der Waals surface area (Å²) in [6.45, 7) is 1.69. The van der Waals surface area contributed by atoms with Crippen LogP contribution in [0.3, 0.4) is 0 Å². The zero-order valence-electron chi connectivity index (χ0n) is 15.6. The first-order chi connectivity index (χ1) is 13.3. The summed E-state index contributed by atoms with van der Waals surface area (Å²) in [5.41, 5.74) is 0.989. The van der Waals surface area contributed by atoms with E-state index < -0.39 is 15.8 Å². The SMILES string of the molecule is CCC(=O)Nc1ccc(N(Cc2cccc3ccccc23)S(C)(=O)=O)c(F)c1. The molecule has 0 unspecified atom stereocenters. The number of hydrogen-bond donors (Lipinski definition) is 1. The fourth-order valence-corrected chi connectivity index (χ4v) is 3.88. The second kappa shape index (κ2) is 7.98. The zero-order chi connectivity index (χ0) is 20.3. The highest BCUT2D eigenvalue weighted by molar-refractivity contribution is 7.92. The van der Waals surface area contributed by atoms with Gasteiger partial charge in [0.05, 0.1) is 18.5 Å². The van der Waals surface area contributed by atoms with Crippen LogP contribution < -0.4 is 9.62 Å². The van der Waals surface area contributed by atoms with Crippen LogP contribution in [0.15, 0.2) is 60.7 Å². The van der Waals surface area contributed by atoms with Crippen LogP contribution in [-0.4, -0.2) is 20.6 Å². The normalized spacial score (nSPS) is 11.4. The van der Waals surface area contributed by atoms with Crippen molar-refractivity contribution in [3.63, 3.8) is 0 Å². The molecule has 7 heteroatoms. The van der Waals surface area contributed by atoms with E-state index in [1.165, 1.54) is 12.1 Å². The molecule has 3 aromatic carbocycles. The summed E-state index contributed by atoms with van der Waals surface area (Å²) in [5, 5.41) is 4.45. The van der Waals surface area contributed by atoms with Gasteiger partial charge in [-0.25, -0.2) is 12.8 Å². The largest absolute Gasteiger partial charge is 0.326 e. The monoisotopic (exact) mass is 400 g/mol. The van der Waals surface area contributed by atoms with Crippen LogP contribution in [0.25, 0.3) is 10.8 Å². The molecule has 0 fully saturated rings. The molecular weight excluding hydrogens is 379 g/mol. The minimum Gasteiger partial charge on any atom is -0.326 e. The fourth-order valence-electron chi connectivity index (χ4n) is 3.00. The molecule has 0 saturated carbocycles. The molecule has 1 N–H and O–H groups in total.